The Kier molecular flexibility index (Phi) is 5.83. The number of H-pyrrole nitrogens is 1. The zero-order valence-corrected chi connectivity index (χ0v) is 17.0. The molecule has 4 aromatic rings. The van der Waals surface area contributed by atoms with Crippen LogP contribution in [0.2, 0.25) is 0 Å². The molecule has 0 fully saturated rings. The highest BCUT2D eigenvalue weighted by Gasteiger charge is 2.24. The summed E-state index contributed by atoms with van der Waals surface area (Å²) >= 11 is 0. The monoisotopic (exact) mass is 404 g/mol. The molecule has 0 saturated carbocycles. The second-order valence-electron chi connectivity index (χ2n) is 7.32. The van der Waals surface area contributed by atoms with Gasteiger partial charge in [0.1, 0.15) is 5.82 Å². The number of imidazole rings is 1. The molecule has 0 aliphatic rings. The summed E-state index contributed by atoms with van der Waals surface area (Å²) in [6.45, 7) is 4.21. The lowest BCUT2D eigenvalue weighted by Gasteiger charge is -2.22. The van der Waals surface area contributed by atoms with Crippen molar-refractivity contribution in [3.63, 3.8) is 0 Å². The molecular formula is C22H24N6O2. The van der Waals surface area contributed by atoms with E-state index in [4.69, 9.17) is 4.52 Å². The van der Waals surface area contributed by atoms with Crippen molar-refractivity contribution in [1.82, 2.24) is 30.4 Å². The summed E-state index contributed by atoms with van der Waals surface area (Å²) < 4.78 is 5.28. The van der Waals surface area contributed by atoms with E-state index in [9.17, 15) is 4.79 Å². The topological polar surface area (TPSA) is 110 Å². The Balaban J connectivity index is 1.41. The molecule has 0 radical (unpaired) electrons. The standard InChI is InChI=1S/C22H24N6O2/c1-3-14(2)20(22-24-16-8-4-5-9-17(16)25-22)26-18(29)10-11-19-27-21(28-30-19)15-7-6-12-23-13-15/h4-9,12-14,20H,3,10-11H2,1-2H3,(H,24,25)(H,26,29). The average molecular weight is 404 g/mol. The number of carbonyl (C=O) groups is 1. The Bertz CT molecular complexity index is 1090. The van der Waals surface area contributed by atoms with Gasteiger partial charge in [-0.15, -0.1) is 0 Å². The summed E-state index contributed by atoms with van der Waals surface area (Å²) in [4.78, 5) is 29.1. The van der Waals surface area contributed by atoms with E-state index in [1.165, 1.54) is 0 Å². The predicted molar refractivity (Wildman–Crippen MR) is 112 cm³/mol. The maximum atomic E-state index is 12.7. The number of para-hydroxylation sites is 2. The van der Waals surface area contributed by atoms with Crippen LogP contribution >= 0.6 is 0 Å². The Morgan fingerprint density at radius 2 is 2.07 bits per heavy atom. The van der Waals surface area contributed by atoms with Crippen LogP contribution in [0.25, 0.3) is 22.4 Å². The molecule has 30 heavy (non-hydrogen) atoms. The molecule has 2 N–H and O–H groups in total. The van der Waals surface area contributed by atoms with E-state index in [0.717, 1.165) is 28.8 Å². The van der Waals surface area contributed by atoms with Gasteiger partial charge in [-0.1, -0.05) is 37.6 Å². The van der Waals surface area contributed by atoms with Crippen molar-refractivity contribution < 1.29 is 9.32 Å². The number of hydrogen-bond acceptors (Lipinski definition) is 6. The molecule has 0 saturated heterocycles. The van der Waals surface area contributed by atoms with Crippen molar-refractivity contribution in [3.8, 4) is 11.4 Å². The van der Waals surface area contributed by atoms with Crippen LogP contribution < -0.4 is 5.32 Å². The van der Waals surface area contributed by atoms with Gasteiger partial charge in [-0.25, -0.2) is 4.98 Å². The van der Waals surface area contributed by atoms with Crippen LogP contribution in [0.3, 0.4) is 0 Å². The predicted octanol–water partition coefficient (Wildman–Crippen LogP) is 3.84. The largest absolute Gasteiger partial charge is 0.346 e. The second-order valence-corrected chi connectivity index (χ2v) is 7.32. The number of hydrogen-bond donors (Lipinski definition) is 2. The zero-order valence-electron chi connectivity index (χ0n) is 17.0. The summed E-state index contributed by atoms with van der Waals surface area (Å²) in [5.74, 6) is 1.82. The number of rotatable bonds is 8. The molecule has 0 spiro atoms. The first-order chi connectivity index (χ1) is 14.6. The Hall–Kier alpha value is -3.55. The maximum absolute atomic E-state index is 12.7. The number of aromatic nitrogens is 5. The molecule has 3 heterocycles. The van der Waals surface area contributed by atoms with Gasteiger partial charge in [-0.2, -0.15) is 4.98 Å². The number of aromatic amines is 1. The van der Waals surface area contributed by atoms with E-state index >= 15 is 0 Å². The van der Waals surface area contributed by atoms with Crippen molar-refractivity contribution in [3.05, 3.63) is 60.5 Å². The molecule has 2 atom stereocenters. The number of amides is 1. The molecule has 1 aromatic carbocycles. The van der Waals surface area contributed by atoms with E-state index in [-0.39, 0.29) is 24.3 Å². The molecule has 154 valence electrons. The number of carbonyl (C=O) groups excluding carboxylic acids is 1. The van der Waals surface area contributed by atoms with Crippen LogP contribution in [0.4, 0.5) is 0 Å². The Morgan fingerprint density at radius 3 is 2.83 bits per heavy atom. The Labute approximate surface area is 174 Å². The number of nitrogens with one attached hydrogen (secondary N) is 2. The van der Waals surface area contributed by atoms with Crippen LogP contribution in [-0.2, 0) is 11.2 Å². The minimum absolute atomic E-state index is 0.0816. The fourth-order valence-corrected chi connectivity index (χ4v) is 3.27. The number of pyridine rings is 1. The molecule has 0 bridgehead atoms. The number of nitrogens with zero attached hydrogens (tertiary/aromatic N) is 4. The smallest absolute Gasteiger partial charge is 0.227 e. The summed E-state index contributed by atoms with van der Waals surface area (Å²) in [5, 5.41) is 7.09. The summed E-state index contributed by atoms with van der Waals surface area (Å²) in [6.07, 6.45) is 4.89. The molecule has 8 heteroatoms. The number of fused-ring (bicyclic) bond motifs is 1. The van der Waals surface area contributed by atoms with Gasteiger partial charge < -0.3 is 14.8 Å². The third kappa shape index (κ3) is 4.37. The minimum atomic E-state index is -0.191. The van der Waals surface area contributed by atoms with Crippen molar-refractivity contribution in [2.45, 2.75) is 39.2 Å². The normalized spacial score (nSPS) is 13.3. The SMILES string of the molecule is CCC(C)C(NC(=O)CCc1nc(-c2cccnc2)no1)c1nc2ccccc2[nH]1. The van der Waals surface area contributed by atoms with Crippen molar-refractivity contribution in [2.24, 2.45) is 5.92 Å². The van der Waals surface area contributed by atoms with Gasteiger partial charge in [0.05, 0.1) is 17.1 Å². The Morgan fingerprint density at radius 1 is 1.20 bits per heavy atom. The van der Waals surface area contributed by atoms with Gasteiger partial charge in [0.15, 0.2) is 0 Å². The van der Waals surface area contributed by atoms with Crippen LogP contribution in [0.15, 0.2) is 53.3 Å². The van der Waals surface area contributed by atoms with Gasteiger partial charge in [-0.05, 0) is 30.2 Å². The molecule has 0 aliphatic heterocycles. The lowest BCUT2D eigenvalue weighted by molar-refractivity contribution is -0.122. The van der Waals surface area contributed by atoms with E-state index in [1.807, 2.05) is 36.4 Å². The fourth-order valence-electron chi connectivity index (χ4n) is 3.27. The third-order valence-corrected chi connectivity index (χ3v) is 5.19. The quantitative estimate of drug-likeness (QED) is 0.462. The molecule has 8 nitrogen and oxygen atoms in total. The molecule has 2 unspecified atom stereocenters. The van der Waals surface area contributed by atoms with Gasteiger partial charge >= 0.3 is 0 Å². The van der Waals surface area contributed by atoms with E-state index < -0.39 is 0 Å². The van der Waals surface area contributed by atoms with Crippen LogP contribution in [0.1, 0.15) is 44.4 Å². The third-order valence-electron chi connectivity index (χ3n) is 5.19. The fraction of sp³-hybridized carbons (Fsp3) is 0.318. The van der Waals surface area contributed by atoms with Gasteiger partial charge in [0.2, 0.25) is 17.6 Å². The molecular weight excluding hydrogens is 380 g/mol. The van der Waals surface area contributed by atoms with E-state index in [2.05, 4.69) is 44.3 Å². The molecule has 3 aromatic heterocycles. The van der Waals surface area contributed by atoms with Gasteiger partial charge in [-0.3, -0.25) is 9.78 Å². The number of aryl methyl sites for hydroxylation is 1. The van der Waals surface area contributed by atoms with Crippen molar-refractivity contribution in [2.75, 3.05) is 0 Å². The van der Waals surface area contributed by atoms with E-state index in [0.29, 0.717) is 18.1 Å². The van der Waals surface area contributed by atoms with Crippen molar-refractivity contribution >= 4 is 16.9 Å². The highest BCUT2D eigenvalue weighted by atomic mass is 16.5. The highest BCUT2D eigenvalue weighted by Crippen LogP contribution is 2.25. The first-order valence-electron chi connectivity index (χ1n) is 10.1. The van der Waals surface area contributed by atoms with Crippen LogP contribution in [0.5, 0.6) is 0 Å². The first-order valence-corrected chi connectivity index (χ1v) is 10.1. The minimum Gasteiger partial charge on any atom is -0.346 e. The van der Waals surface area contributed by atoms with Crippen LogP contribution in [0, 0.1) is 5.92 Å². The lowest BCUT2D eigenvalue weighted by atomic mass is 9.98. The summed E-state index contributed by atoms with van der Waals surface area (Å²) in [6, 6.07) is 11.3. The summed E-state index contributed by atoms with van der Waals surface area (Å²) in [7, 11) is 0. The lowest BCUT2D eigenvalue weighted by Crippen LogP contribution is -2.33. The van der Waals surface area contributed by atoms with Gasteiger partial charge in [0.25, 0.3) is 0 Å². The zero-order chi connectivity index (χ0) is 20.9. The summed E-state index contributed by atoms with van der Waals surface area (Å²) in [5.41, 5.74) is 2.63. The second kappa shape index (κ2) is 8.86. The molecule has 4 rings (SSSR count). The van der Waals surface area contributed by atoms with E-state index in [1.54, 1.807) is 12.4 Å². The average Bonchev–Trinajstić information content (AvgIpc) is 3.43. The first kappa shape index (κ1) is 19.8. The molecule has 0 aliphatic carbocycles. The highest BCUT2D eigenvalue weighted by molar-refractivity contribution is 5.77. The maximum Gasteiger partial charge on any atom is 0.227 e. The van der Waals surface area contributed by atoms with Crippen LogP contribution in [-0.4, -0.2) is 31.0 Å². The molecule has 1 amide bonds. The van der Waals surface area contributed by atoms with Gasteiger partial charge in [0, 0.05) is 30.8 Å². The van der Waals surface area contributed by atoms with Crippen molar-refractivity contribution in [1.29, 1.82) is 0 Å². The number of benzene rings is 1.